The van der Waals surface area contributed by atoms with Crippen molar-refractivity contribution in [1.29, 1.82) is 5.26 Å². The van der Waals surface area contributed by atoms with Crippen LogP contribution in [0.15, 0.2) is 133 Å². The number of rotatable bonds is 21. The van der Waals surface area contributed by atoms with E-state index < -0.39 is 5.97 Å². The van der Waals surface area contributed by atoms with Crippen molar-refractivity contribution in [2.24, 2.45) is 0 Å². The largest absolute Gasteiger partial charge is 0.494 e. The predicted molar refractivity (Wildman–Crippen MR) is 268 cm³/mol. The highest BCUT2D eigenvalue weighted by Crippen LogP contribution is 2.43. The summed E-state index contributed by atoms with van der Waals surface area (Å²) in [6.07, 6.45) is 12.6. The maximum absolute atomic E-state index is 11.3. The van der Waals surface area contributed by atoms with E-state index in [4.69, 9.17) is 28.5 Å². The maximum Gasteiger partial charge on any atom is 0.346 e. The van der Waals surface area contributed by atoms with Gasteiger partial charge in [-0.3, -0.25) is 4.98 Å². The number of aromatic nitrogens is 3. The van der Waals surface area contributed by atoms with E-state index in [-0.39, 0.29) is 5.57 Å². The minimum Gasteiger partial charge on any atom is -0.494 e. The number of ether oxygens (including phenoxy) is 2. The van der Waals surface area contributed by atoms with Crippen molar-refractivity contribution >= 4 is 74.5 Å². The summed E-state index contributed by atoms with van der Waals surface area (Å²) in [6.45, 7) is 5.89. The Labute approximate surface area is 392 Å². The van der Waals surface area contributed by atoms with Crippen molar-refractivity contribution in [2.45, 2.75) is 65.2 Å². The predicted octanol–water partition coefficient (Wildman–Crippen LogP) is 15.3. The fourth-order valence-electron chi connectivity index (χ4n) is 7.49. The summed E-state index contributed by atoms with van der Waals surface area (Å²) in [5.41, 5.74) is 8.83. The van der Waals surface area contributed by atoms with Crippen molar-refractivity contribution in [2.75, 3.05) is 18.1 Å². The molecule has 0 saturated heterocycles. The summed E-state index contributed by atoms with van der Waals surface area (Å²) >= 11 is 4.48. The molecule has 0 aliphatic rings. The van der Waals surface area contributed by atoms with Crippen molar-refractivity contribution in [3.8, 4) is 59.5 Å². The zero-order valence-electron chi connectivity index (χ0n) is 36.4. The van der Waals surface area contributed by atoms with Crippen LogP contribution in [0.3, 0.4) is 0 Å². The molecule has 0 unspecified atom stereocenters. The van der Waals surface area contributed by atoms with E-state index in [0.717, 1.165) is 108 Å². The number of nitrogens with zero attached hydrogens (tertiary/aromatic N) is 5. The highest BCUT2D eigenvalue weighted by atomic mass is 32.1. The van der Waals surface area contributed by atoms with Gasteiger partial charge in [0.25, 0.3) is 0 Å². The van der Waals surface area contributed by atoms with E-state index in [2.05, 4.69) is 116 Å². The molecule has 0 spiro atoms. The van der Waals surface area contributed by atoms with Crippen molar-refractivity contribution in [1.82, 2.24) is 13.7 Å². The summed E-state index contributed by atoms with van der Waals surface area (Å²) in [5.74, 6) is 0.508. The van der Waals surface area contributed by atoms with Crippen molar-refractivity contribution < 1.29 is 19.4 Å². The third kappa shape index (κ3) is 11.0. The molecule has 4 heterocycles. The van der Waals surface area contributed by atoms with E-state index in [1.54, 1.807) is 28.7 Å². The van der Waals surface area contributed by atoms with Gasteiger partial charge in [-0.15, -0.1) is 22.7 Å². The molecular formula is C53H49N5O4S3. The normalized spacial score (nSPS) is 11.4. The minimum atomic E-state index is -1.25. The number of anilines is 3. The number of carboxylic acids is 1. The van der Waals surface area contributed by atoms with Gasteiger partial charge in [-0.25, -0.2) is 4.79 Å². The molecule has 328 valence electrons. The van der Waals surface area contributed by atoms with E-state index in [9.17, 15) is 9.90 Å². The standard InChI is InChI=1S/C53H49N5O4S3/c1-3-5-7-9-31-61-43-23-19-41(20-24-43)58(42-21-25-44(26-22-42)62-32-10-8-6-4-2)40-17-15-38(16-18-40)47-28-30-49(64-47)51-52-50(56-65-57-52)45(35-55-51)48-29-27-46(63-48)37-13-11-36(12-14-37)33-39(34-54)53(59)60/h11-30,33,35H,3-10,31-32H2,1-2H3,(H,59,60)/b39-33-. The van der Waals surface area contributed by atoms with Crippen molar-refractivity contribution in [3.63, 3.8) is 0 Å². The van der Waals surface area contributed by atoms with Crippen molar-refractivity contribution in [3.05, 3.63) is 139 Å². The molecular weight excluding hydrogens is 867 g/mol. The highest BCUT2D eigenvalue weighted by Gasteiger charge is 2.19. The van der Waals surface area contributed by atoms with Gasteiger partial charge in [0.1, 0.15) is 39.9 Å². The highest BCUT2D eigenvalue weighted by molar-refractivity contribution is 7.19. The Morgan fingerprint density at radius 3 is 1.66 bits per heavy atom. The Morgan fingerprint density at radius 1 is 0.631 bits per heavy atom. The monoisotopic (exact) mass is 915 g/mol. The first kappa shape index (κ1) is 44.9. The van der Waals surface area contributed by atoms with Crippen LogP contribution in [0.4, 0.5) is 17.1 Å². The Bertz CT molecular complexity index is 2840. The number of carbonyl (C=O) groups is 1. The molecule has 4 aromatic carbocycles. The molecule has 65 heavy (non-hydrogen) atoms. The van der Waals surface area contributed by atoms with E-state index >= 15 is 0 Å². The van der Waals surface area contributed by atoms with Gasteiger partial charge in [0.05, 0.1) is 29.8 Å². The van der Waals surface area contributed by atoms with E-state index in [1.807, 2.05) is 30.5 Å². The second kappa shape index (κ2) is 21.8. The molecule has 0 aliphatic heterocycles. The first-order chi connectivity index (χ1) is 31.9. The number of benzene rings is 4. The number of hydrogen-bond donors (Lipinski definition) is 1. The van der Waals surface area contributed by atoms with E-state index in [1.165, 1.54) is 56.3 Å². The van der Waals surface area contributed by atoms with Gasteiger partial charge >= 0.3 is 5.97 Å². The Balaban J connectivity index is 1.00. The summed E-state index contributed by atoms with van der Waals surface area (Å²) < 4.78 is 21.6. The lowest BCUT2D eigenvalue weighted by atomic mass is 10.1. The molecule has 0 radical (unpaired) electrons. The molecule has 0 saturated carbocycles. The molecule has 9 nitrogen and oxygen atoms in total. The zero-order chi connectivity index (χ0) is 45.0. The average Bonchev–Trinajstić information content (AvgIpc) is 4.15. The lowest BCUT2D eigenvalue weighted by molar-refractivity contribution is -0.132. The molecule has 0 bridgehead atoms. The Kier molecular flexibility index (Phi) is 15.1. The van der Waals surface area contributed by atoms with Crippen LogP contribution in [0.2, 0.25) is 0 Å². The fraction of sp³-hybridized carbons (Fsp3) is 0.226. The third-order valence-corrected chi connectivity index (χ3v) is 13.8. The molecule has 0 fully saturated rings. The molecule has 0 atom stereocenters. The second-order valence-corrected chi connectivity index (χ2v) is 18.3. The van der Waals surface area contributed by atoms with Crippen LogP contribution < -0.4 is 14.4 Å². The topological polar surface area (TPSA) is 121 Å². The lowest BCUT2D eigenvalue weighted by Gasteiger charge is -2.26. The molecule has 12 heteroatoms. The van der Waals surface area contributed by atoms with Crippen LogP contribution in [0.25, 0.3) is 59.0 Å². The van der Waals surface area contributed by atoms with Crippen LogP contribution >= 0.6 is 34.4 Å². The first-order valence-corrected chi connectivity index (χ1v) is 24.4. The molecule has 8 rings (SSSR count). The van der Waals surface area contributed by atoms with Crippen LogP contribution in [0.1, 0.15) is 70.8 Å². The number of carboxylic acid groups (broad SMARTS) is 1. The summed E-state index contributed by atoms with van der Waals surface area (Å²) in [6, 6.07) is 43.0. The number of unbranched alkanes of at least 4 members (excludes halogenated alkanes) is 6. The SMILES string of the molecule is CCCCCCOc1ccc(N(c2ccc(OCCCCCC)cc2)c2ccc(-c3ccc(-c4ncc(-c5ccc(-c6ccc(/C=C(/C#N)C(=O)O)cc6)s5)c5nsnc45)s3)cc2)cc1. The number of aliphatic carboxylic acids is 1. The van der Waals surface area contributed by atoms with Gasteiger partial charge in [0, 0.05) is 43.5 Å². The molecule has 8 aromatic rings. The summed E-state index contributed by atoms with van der Waals surface area (Å²) in [7, 11) is 0. The van der Waals surface area contributed by atoms with E-state index in [0.29, 0.717) is 5.56 Å². The van der Waals surface area contributed by atoms with Gasteiger partial charge in [0.2, 0.25) is 0 Å². The summed E-state index contributed by atoms with van der Waals surface area (Å²) in [5, 5.41) is 18.3. The average molecular weight is 916 g/mol. The maximum atomic E-state index is 11.3. The quantitative estimate of drug-likeness (QED) is 0.0426. The number of nitriles is 1. The van der Waals surface area contributed by atoms with Crippen LogP contribution in [-0.2, 0) is 4.79 Å². The van der Waals surface area contributed by atoms with Gasteiger partial charge in [-0.05, 0) is 121 Å². The van der Waals surface area contributed by atoms with Crippen LogP contribution in [0.5, 0.6) is 11.5 Å². The third-order valence-electron chi connectivity index (χ3n) is 11.0. The molecule has 0 aliphatic carbocycles. The molecule has 0 amide bonds. The molecule has 4 aromatic heterocycles. The van der Waals surface area contributed by atoms with Crippen LogP contribution in [-0.4, -0.2) is 38.0 Å². The van der Waals surface area contributed by atoms with Crippen LogP contribution in [0, 0.1) is 11.3 Å². The second-order valence-electron chi connectivity index (χ2n) is 15.6. The Morgan fingerprint density at radius 2 is 1.12 bits per heavy atom. The van der Waals surface area contributed by atoms with Gasteiger partial charge < -0.3 is 19.5 Å². The van der Waals surface area contributed by atoms with Gasteiger partial charge in [-0.2, -0.15) is 14.0 Å². The smallest absolute Gasteiger partial charge is 0.346 e. The fourth-order valence-corrected chi connectivity index (χ4v) is 10.1. The lowest BCUT2D eigenvalue weighted by Crippen LogP contribution is -2.10. The summed E-state index contributed by atoms with van der Waals surface area (Å²) in [4.78, 5) is 22.7. The number of hydrogen-bond acceptors (Lipinski definition) is 11. The first-order valence-electron chi connectivity index (χ1n) is 22.1. The minimum absolute atomic E-state index is 0.308. The number of fused-ring (bicyclic) bond motifs is 1. The van der Waals surface area contributed by atoms with Gasteiger partial charge in [0.15, 0.2) is 0 Å². The Hall–Kier alpha value is -6.65. The number of thiophene rings is 2. The molecule has 1 N–H and O–H groups in total. The number of pyridine rings is 1. The van der Waals surface area contributed by atoms with Gasteiger partial charge in [-0.1, -0.05) is 88.8 Å². The zero-order valence-corrected chi connectivity index (χ0v) is 38.9.